The third-order valence-electron chi connectivity index (χ3n) is 3.24. The molecule has 1 saturated heterocycles. The van der Waals surface area contributed by atoms with E-state index in [1.807, 2.05) is 6.92 Å². The Morgan fingerprint density at radius 2 is 2.33 bits per heavy atom. The maximum atomic E-state index is 11.7. The Labute approximate surface area is 122 Å². The van der Waals surface area contributed by atoms with Gasteiger partial charge in [-0.25, -0.2) is 0 Å². The lowest BCUT2D eigenvalue weighted by Crippen LogP contribution is -2.44. The SMILES string of the molecule is CCCOc1cc(NC2CCCNC2=O)ccc1[N+](=O)[O-]. The predicted octanol–water partition coefficient (Wildman–Crippen LogP) is 2.07. The summed E-state index contributed by atoms with van der Waals surface area (Å²) in [5.74, 6) is 0.179. The first-order valence-corrected chi connectivity index (χ1v) is 7.07. The maximum Gasteiger partial charge on any atom is 0.311 e. The van der Waals surface area contributed by atoms with Crippen LogP contribution in [0.5, 0.6) is 5.75 Å². The number of ether oxygens (including phenoxy) is 1. The van der Waals surface area contributed by atoms with Gasteiger partial charge in [0.05, 0.1) is 11.5 Å². The Bertz CT molecular complexity index is 533. The van der Waals surface area contributed by atoms with Gasteiger partial charge in [-0.15, -0.1) is 0 Å². The average molecular weight is 293 g/mol. The van der Waals surface area contributed by atoms with E-state index in [1.165, 1.54) is 6.07 Å². The first-order chi connectivity index (χ1) is 10.1. The number of carbonyl (C=O) groups excluding carboxylic acids is 1. The Balaban J connectivity index is 2.16. The molecule has 21 heavy (non-hydrogen) atoms. The third kappa shape index (κ3) is 3.84. The summed E-state index contributed by atoms with van der Waals surface area (Å²) < 4.78 is 5.42. The Kier molecular flexibility index (Phi) is 4.97. The second-order valence-electron chi connectivity index (χ2n) is 4.92. The van der Waals surface area contributed by atoms with Crippen LogP contribution in [0, 0.1) is 10.1 Å². The number of hydrogen-bond acceptors (Lipinski definition) is 5. The van der Waals surface area contributed by atoms with Crippen molar-refractivity contribution in [1.82, 2.24) is 5.32 Å². The lowest BCUT2D eigenvalue weighted by Gasteiger charge is -2.23. The van der Waals surface area contributed by atoms with Crippen LogP contribution in [0.15, 0.2) is 18.2 Å². The van der Waals surface area contributed by atoms with E-state index in [0.717, 1.165) is 19.3 Å². The number of amides is 1. The van der Waals surface area contributed by atoms with Crippen molar-refractivity contribution in [3.05, 3.63) is 28.3 Å². The molecule has 7 heteroatoms. The lowest BCUT2D eigenvalue weighted by atomic mass is 10.1. The monoisotopic (exact) mass is 293 g/mol. The molecule has 1 atom stereocenters. The molecule has 2 rings (SSSR count). The van der Waals surface area contributed by atoms with Crippen LogP contribution in [0.25, 0.3) is 0 Å². The summed E-state index contributed by atoms with van der Waals surface area (Å²) in [5, 5.41) is 16.9. The van der Waals surface area contributed by atoms with E-state index in [4.69, 9.17) is 4.74 Å². The molecular formula is C14H19N3O4. The van der Waals surface area contributed by atoms with Gasteiger partial charge in [0.2, 0.25) is 5.91 Å². The fraction of sp³-hybridized carbons (Fsp3) is 0.500. The zero-order valence-corrected chi connectivity index (χ0v) is 11.9. The zero-order valence-electron chi connectivity index (χ0n) is 11.9. The first-order valence-electron chi connectivity index (χ1n) is 7.07. The van der Waals surface area contributed by atoms with Gasteiger partial charge in [0.25, 0.3) is 0 Å². The highest BCUT2D eigenvalue weighted by Gasteiger charge is 2.23. The summed E-state index contributed by atoms with van der Waals surface area (Å²) >= 11 is 0. The molecule has 2 N–H and O–H groups in total. The summed E-state index contributed by atoms with van der Waals surface area (Å²) in [6.45, 7) is 3.04. The molecule has 1 fully saturated rings. The molecule has 1 amide bonds. The van der Waals surface area contributed by atoms with Gasteiger partial charge in [0, 0.05) is 24.4 Å². The number of hydrogen-bond donors (Lipinski definition) is 2. The Morgan fingerprint density at radius 1 is 1.52 bits per heavy atom. The van der Waals surface area contributed by atoms with E-state index in [1.54, 1.807) is 12.1 Å². The molecule has 0 bridgehead atoms. The number of benzene rings is 1. The largest absolute Gasteiger partial charge is 0.487 e. The van der Waals surface area contributed by atoms with Crippen molar-refractivity contribution < 1.29 is 14.5 Å². The van der Waals surface area contributed by atoms with Gasteiger partial charge < -0.3 is 15.4 Å². The summed E-state index contributed by atoms with van der Waals surface area (Å²) in [6, 6.07) is 4.27. The summed E-state index contributed by atoms with van der Waals surface area (Å²) in [5.41, 5.74) is 0.579. The van der Waals surface area contributed by atoms with Crippen LogP contribution in [-0.4, -0.2) is 30.0 Å². The topological polar surface area (TPSA) is 93.5 Å². The molecule has 0 saturated carbocycles. The van der Waals surface area contributed by atoms with Gasteiger partial charge >= 0.3 is 5.69 Å². The third-order valence-corrected chi connectivity index (χ3v) is 3.24. The molecule has 0 spiro atoms. The number of nitro benzene ring substituents is 1. The van der Waals surface area contributed by atoms with Gasteiger partial charge in [0.15, 0.2) is 5.75 Å². The Hall–Kier alpha value is -2.31. The molecule has 0 radical (unpaired) electrons. The number of anilines is 1. The Morgan fingerprint density at radius 3 is 3.00 bits per heavy atom. The van der Waals surface area contributed by atoms with E-state index in [9.17, 15) is 14.9 Å². The van der Waals surface area contributed by atoms with Crippen LogP contribution in [0.1, 0.15) is 26.2 Å². The van der Waals surface area contributed by atoms with Crippen molar-refractivity contribution in [3.8, 4) is 5.75 Å². The van der Waals surface area contributed by atoms with Crippen molar-refractivity contribution in [2.24, 2.45) is 0 Å². The molecule has 1 aliphatic heterocycles. The van der Waals surface area contributed by atoms with Crippen LogP contribution in [0.3, 0.4) is 0 Å². The quantitative estimate of drug-likeness (QED) is 0.618. The second-order valence-corrected chi connectivity index (χ2v) is 4.92. The van der Waals surface area contributed by atoms with Crippen LogP contribution in [-0.2, 0) is 4.79 Å². The van der Waals surface area contributed by atoms with E-state index in [-0.39, 0.29) is 23.4 Å². The molecule has 7 nitrogen and oxygen atoms in total. The molecular weight excluding hydrogens is 274 g/mol. The van der Waals surface area contributed by atoms with Gasteiger partial charge in [-0.1, -0.05) is 6.92 Å². The predicted molar refractivity (Wildman–Crippen MR) is 78.5 cm³/mol. The summed E-state index contributed by atoms with van der Waals surface area (Å²) in [4.78, 5) is 22.2. The molecule has 0 aliphatic carbocycles. The number of nitro groups is 1. The molecule has 1 aliphatic rings. The highest BCUT2D eigenvalue weighted by atomic mass is 16.6. The highest BCUT2D eigenvalue weighted by molar-refractivity contribution is 5.85. The normalized spacial score (nSPS) is 18.0. The minimum Gasteiger partial charge on any atom is -0.487 e. The van der Waals surface area contributed by atoms with Crippen molar-refractivity contribution in [2.45, 2.75) is 32.2 Å². The molecule has 114 valence electrons. The van der Waals surface area contributed by atoms with Crippen molar-refractivity contribution >= 4 is 17.3 Å². The van der Waals surface area contributed by atoms with Gasteiger partial charge in [0.1, 0.15) is 6.04 Å². The minimum atomic E-state index is -0.470. The van der Waals surface area contributed by atoms with Crippen LogP contribution in [0.4, 0.5) is 11.4 Å². The minimum absolute atomic E-state index is 0.0457. The maximum absolute atomic E-state index is 11.7. The van der Waals surface area contributed by atoms with Gasteiger partial charge in [-0.05, 0) is 25.3 Å². The standard InChI is InChI=1S/C14H19N3O4/c1-2-8-21-13-9-10(5-6-12(13)17(19)20)16-11-4-3-7-15-14(11)18/h5-6,9,11,16H,2-4,7-8H2,1H3,(H,15,18). The van der Waals surface area contributed by atoms with E-state index >= 15 is 0 Å². The zero-order chi connectivity index (χ0) is 15.2. The van der Waals surface area contributed by atoms with Crippen LogP contribution >= 0.6 is 0 Å². The molecule has 1 aromatic carbocycles. The number of rotatable bonds is 6. The van der Waals surface area contributed by atoms with Crippen molar-refractivity contribution in [3.63, 3.8) is 0 Å². The van der Waals surface area contributed by atoms with E-state index < -0.39 is 4.92 Å². The number of nitrogens with zero attached hydrogens (tertiary/aromatic N) is 1. The second kappa shape index (κ2) is 6.92. The fourth-order valence-electron chi connectivity index (χ4n) is 2.19. The molecule has 0 aromatic heterocycles. The fourth-order valence-corrected chi connectivity index (χ4v) is 2.19. The van der Waals surface area contributed by atoms with Gasteiger partial charge in [-0.3, -0.25) is 14.9 Å². The highest BCUT2D eigenvalue weighted by Crippen LogP contribution is 2.30. The summed E-state index contributed by atoms with van der Waals surface area (Å²) in [6.07, 6.45) is 2.42. The van der Waals surface area contributed by atoms with Crippen LogP contribution in [0.2, 0.25) is 0 Å². The smallest absolute Gasteiger partial charge is 0.311 e. The first kappa shape index (κ1) is 15.1. The number of nitrogens with one attached hydrogen (secondary N) is 2. The lowest BCUT2D eigenvalue weighted by molar-refractivity contribution is -0.385. The number of piperidine rings is 1. The van der Waals surface area contributed by atoms with Crippen molar-refractivity contribution in [2.75, 3.05) is 18.5 Å². The molecule has 1 unspecified atom stereocenters. The van der Waals surface area contributed by atoms with E-state index in [2.05, 4.69) is 10.6 Å². The van der Waals surface area contributed by atoms with E-state index in [0.29, 0.717) is 18.8 Å². The van der Waals surface area contributed by atoms with Crippen molar-refractivity contribution in [1.29, 1.82) is 0 Å². The van der Waals surface area contributed by atoms with Crippen LogP contribution < -0.4 is 15.4 Å². The average Bonchev–Trinajstić information content (AvgIpc) is 2.47. The van der Waals surface area contributed by atoms with Gasteiger partial charge in [-0.2, -0.15) is 0 Å². The number of carbonyl (C=O) groups is 1. The molecule has 1 heterocycles. The molecule has 1 aromatic rings. The summed E-state index contributed by atoms with van der Waals surface area (Å²) in [7, 11) is 0.